The number of halogens is 2. The molecule has 0 radical (unpaired) electrons. The second-order valence-corrected chi connectivity index (χ2v) is 0.327. The Morgan fingerprint density at radius 1 is 1.60 bits per heavy atom. The standard InChI is InChI=1S/CH4.ClH3N2.ClH/c;1-3-2;/h1H4;3H,2H2;1H. The molecule has 0 spiro atoms. The molecule has 0 rings (SSSR count). The summed E-state index contributed by atoms with van der Waals surface area (Å²) >= 11 is 4.53. The van der Waals surface area contributed by atoms with Gasteiger partial charge in [0.1, 0.15) is 0 Å². The molecule has 0 aliphatic heterocycles. The molecular weight excluding hydrogens is 111 g/mol. The fourth-order valence-electron chi connectivity index (χ4n) is 0. The maximum absolute atomic E-state index is 4.53. The van der Waals surface area contributed by atoms with Crippen LogP contribution in [-0.2, 0) is 0 Å². The van der Waals surface area contributed by atoms with Crippen LogP contribution in [0, 0.1) is 0 Å². The smallest absolute Gasteiger partial charge is 0.00899 e. The van der Waals surface area contributed by atoms with Gasteiger partial charge in [0.05, 0.1) is 0 Å². The molecule has 0 amide bonds. The molecular formula is CH8Cl2N2. The van der Waals surface area contributed by atoms with Gasteiger partial charge >= 0.3 is 0 Å². The van der Waals surface area contributed by atoms with Crippen molar-refractivity contribution in [2.45, 2.75) is 7.43 Å². The van der Waals surface area contributed by atoms with Crippen LogP contribution in [0.1, 0.15) is 7.43 Å². The molecule has 5 heavy (non-hydrogen) atoms. The molecule has 2 nitrogen and oxygen atoms in total. The third kappa shape index (κ3) is 113. The highest BCUT2D eigenvalue weighted by Crippen LogP contribution is 1.32. The van der Waals surface area contributed by atoms with Gasteiger partial charge in [-0.25, -0.2) is 0 Å². The van der Waals surface area contributed by atoms with Gasteiger partial charge in [-0.1, -0.05) is 7.43 Å². The molecule has 3 N–H and O–H groups in total. The van der Waals surface area contributed by atoms with Crippen molar-refractivity contribution in [3.63, 3.8) is 0 Å². The predicted molar refractivity (Wildman–Crippen MR) is 27.2 cm³/mol. The molecule has 4 heteroatoms. The average Bonchev–Trinajstić information content (AvgIpc) is 0.918. The zero-order chi connectivity index (χ0) is 2.71. The molecule has 0 bridgehead atoms. The van der Waals surface area contributed by atoms with Gasteiger partial charge in [-0.3, -0.25) is 5.84 Å². The van der Waals surface area contributed by atoms with Gasteiger partial charge in [0.25, 0.3) is 0 Å². The molecule has 0 saturated carbocycles. The minimum Gasteiger partial charge on any atom is -0.257 e. The lowest BCUT2D eigenvalue weighted by molar-refractivity contribution is 1.10. The van der Waals surface area contributed by atoms with Crippen molar-refractivity contribution in [3.05, 3.63) is 0 Å². The number of rotatable bonds is 0. The van der Waals surface area contributed by atoms with Crippen LogP contribution < -0.4 is 10.8 Å². The summed E-state index contributed by atoms with van der Waals surface area (Å²) in [6.45, 7) is 0. The van der Waals surface area contributed by atoms with Gasteiger partial charge in [0.15, 0.2) is 0 Å². The largest absolute Gasteiger partial charge is 0.257 e. The first-order chi connectivity index (χ1) is 1.41. The van der Waals surface area contributed by atoms with Gasteiger partial charge in [-0.05, 0) is 11.8 Å². The van der Waals surface area contributed by atoms with E-state index in [1.807, 2.05) is 0 Å². The molecule has 0 fully saturated rings. The first kappa shape index (κ1) is 17.8. The van der Waals surface area contributed by atoms with Gasteiger partial charge in [-0.15, -0.1) is 12.4 Å². The molecule has 0 aliphatic rings. The highest BCUT2D eigenvalue weighted by Gasteiger charge is 1.27. The summed E-state index contributed by atoms with van der Waals surface area (Å²) in [5.74, 6) is 4.36. The van der Waals surface area contributed by atoms with Crippen LogP contribution in [0.4, 0.5) is 0 Å². The average molecular weight is 119 g/mol. The summed E-state index contributed by atoms with van der Waals surface area (Å²) in [5.41, 5.74) is 0. The zero-order valence-electron chi connectivity index (χ0n) is 1.86. The molecule has 0 aromatic carbocycles. The van der Waals surface area contributed by atoms with E-state index in [2.05, 4.69) is 17.6 Å². The number of hydrogen-bond acceptors (Lipinski definition) is 2. The van der Waals surface area contributed by atoms with Crippen molar-refractivity contribution >= 4 is 24.2 Å². The van der Waals surface area contributed by atoms with Crippen LogP contribution in [0.25, 0.3) is 0 Å². The van der Waals surface area contributed by atoms with Crippen molar-refractivity contribution in [1.29, 1.82) is 0 Å². The van der Waals surface area contributed by atoms with Crippen molar-refractivity contribution in [1.82, 2.24) is 4.94 Å². The Labute approximate surface area is 43.2 Å². The normalized spacial score (nSPS) is 3.60. The van der Waals surface area contributed by atoms with Crippen molar-refractivity contribution in [2.75, 3.05) is 0 Å². The Hall–Kier alpha value is 0.500. The SMILES string of the molecule is C.Cl.NNCl. The summed E-state index contributed by atoms with van der Waals surface area (Å²) in [6.07, 6.45) is 0. The second kappa shape index (κ2) is 24.5. The lowest BCUT2D eigenvalue weighted by Gasteiger charge is -1.57. The highest BCUT2D eigenvalue weighted by atomic mass is 35.5. The monoisotopic (exact) mass is 118 g/mol. The first-order valence-electron chi connectivity index (χ1n) is 0.478. The topological polar surface area (TPSA) is 38.0 Å². The minimum atomic E-state index is 0. The number of nitrogens with one attached hydrogen (secondary N) is 1. The van der Waals surface area contributed by atoms with Crippen LogP contribution in [0.2, 0.25) is 0 Å². The van der Waals surface area contributed by atoms with E-state index in [1.54, 1.807) is 4.94 Å². The fourth-order valence-corrected chi connectivity index (χ4v) is 0. The van der Waals surface area contributed by atoms with E-state index in [0.717, 1.165) is 0 Å². The Kier molecular flexibility index (Phi) is 87.3. The summed E-state index contributed by atoms with van der Waals surface area (Å²) < 4.78 is 0. The number of hydrazine groups is 1. The number of nitrogens with two attached hydrogens (primary N) is 1. The van der Waals surface area contributed by atoms with Gasteiger partial charge in [0, 0.05) is 0 Å². The predicted octanol–water partition coefficient (Wildman–Crippen LogP) is 0.661. The molecule has 0 aliphatic carbocycles. The summed E-state index contributed by atoms with van der Waals surface area (Å²) in [5, 5.41) is 0. The molecule has 0 saturated heterocycles. The second-order valence-electron chi connectivity index (χ2n) is 0.109. The third-order valence-corrected chi connectivity index (χ3v) is 0. The summed E-state index contributed by atoms with van der Waals surface area (Å²) in [7, 11) is 0. The van der Waals surface area contributed by atoms with E-state index >= 15 is 0 Å². The molecule has 0 unspecified atom stereocenters. The van der Waals surface area contributed by atoms with Crippen LogP contribution in [0.5, 0.6) is 0 Å². The van der Waals surface area contributed by atoms with Crippen LogP contribution in [-0.4, -0.2) is 0 Å². The van der Waals surface area contributed by atoms with E-state index in [9.17, 15) is 0 Å². The quantitative estimate of drug-likeness (QED) is 0.279. The van der Waals surface area contributed by atoms with E-state index in [0.29, 0.717) is 0 Å². The summed E-state index contributed by atoms with van der Waals surface area (Å²) in [6, 6.07) is 0. The maximum Gasteiger partial charge on any atom is -0.00899 e. The molecule has 0 atom stereocenters. The fraction of sp³-hybridized carbons (Fsp3) is 1.00. The number of hydrogen-bond donors (Lipinski definition) is 2. The molecule has 0 aromatic heterocycles. The first-order valence-corrected chi connectivity index (χ1v) is 0.856. The lowest BCUT2D eigenvalue weighted by atomic mass is 12.0. The lowest BCUT2D eigenvalue weighted by Crippen LogP contribution is -2.05. The molecule has 0 aromatic rings. The van der Waals surface area contributed by atoms with Crippen LogP contribution in [0.15, 0.2) is 0 Å². The molecule has 0 heterocycles. The maximum atomic E-state index is 4.53. The highest BCUT2D eigenvalue weighted by molar-refractivity contribution is 6.12. The van der Waals surface area contributed by atoms with E-state index in [-0.39, 0.29) is 19.8 Å². The summed E-state index contributed by atoms with van der Waals surface area (Å²) in [4.78, 5) is 1.72. The van der Waals surface area contributed by atoms with Crippen LogP contribution in [0.3, 0.4) is 0 Å². The Morgan fingerprint density at radius 2 is 1.60 bits per heavy atom. The van der Waals surface area contributed by atoms with Crippen molar-refractivity contribution < 1.29 is 0 Å². The minimum absolute atomic E-state index is 0. The van der Waals surface area contributed by atoms with E-state index in [4.69, 9.17) is 0 Å². The Morgan fingerprint density at radius 3 is 1.60 bits per heavy atom. The van der Waals surface area contributed by atoms with Gasteiger partial charge < -0.3 is 0 Å². The Bertz CT molecular complexity index is 7.61. The van der Waals surface area contributed by atoms with Gasteiger partial charge in [0.2, 0.25) is 0 Å². The van der Waals surface area contributed by atoms with Crippen LogP contribution >= 0.6 is 24.2 Å². The third-order valence-electron chi connectivity index (χ3n) is 0. The van der Waals surface area contributed by atoms with Gasteiger partial charge in [-0.2, -0.15) is 4.94 Å². The van der Waals surface area contributed by atoms with E-state index in [1.165, 1.54) is 0 Å². The molecule has 36 valence electrons. The Balaban J connectivity index is -0.0000000200. The van der Waals surface area contributed by atoms with E-state index < -0.39 is 0 Å². The van der Waals surface area contributed by atoms with Crippen molar-refractivity contribution in [3.8, 4) is 0 Å². The van der Waals surface area contributed by atoms with Crippen molar-refractivity contribution in [2.24, 2.45) is 5.84 Å². The zero-order valence-corrected chi connectivity index (χ0v) is 3.44.